The predicted octanol–water partition coefficient (Wildman–Crippen LogP) is 3.11. The molecule has 2 heteroatoms. The monoisotopic (exact) mass is 202 g/mol. The van der Waals surface area contributed by atoms with Gasteiger partial charge in [0.2, 0.25) is 0 Å². The van der Waals surface area contributed by atoms with Crippen molar-refractivity contribution in [1.29, 1.82) is 0 Å². The van der Waals surface area contributed by atoms with E-state index in [-0.39, 0.29) is 0 Å². The highest BCUT2D eigenvalue weighted by atomic mass is 16.5. The van der Waals surface area contributed by atoms with Crippen molar-refractivity contribution in [2.24, 2.45) is 11.8 Å². The van der Waals surface area contributed by atoms with E-state index in [2.05, 4.69) is 20.8 Å². The molecule has 14 heavy (non-hydrogen) atoms. The van der Waals surface area contributed by atoms with Crippen molar-refractivity contribution in [3.63, 3.8) is 0 Å². The summed E-state index contributed by atoms with van der Waals surface area (Å²) in [5.74, 6) is 1.26. The molecular formula is C12H26O2. The van der Waals surface area contributed by atoms with Crippen LogP contribution in [0, 0.1) is 11.8 Å². The summed E-state index contributed by atoms with van der Waals surface area (Å²) >= 11 is 0. The summed E-state index contributed by atoms with van der Waals surface area (Å²) < 4.78 is 10.8. The third-order valence-electron chi connectivity index (χ3n) is 2.56. The van der Waals surface area contributed by atoms with E-state index in [1.54, 1.807) is 7.11 Å². The Bertz CT molecular complexity index is 123. The Morgan fingerprint density at radius 3 is 2.14 bits per heavy atom. The highest BCUT2D eigenvalue weighted by Gasteiger charge is 2.21. The van der Waals surface area contributed by atoms with Gasteiger partial charge in [-0.1, -0.05) is 27.2 Å². The van der Waals surface area contributed by atoms with Gasteiger partial charge in [-0.05, 0) is 18.8 Å². The largest absolute Gasteiger partial charge is 0.384 e. The summed E-state index contributed by atoms with van der Waals surface area (Å²) in [5, 5.41) is 0. The van der Waals surface area contributed by atoms with E-state index in [0.717, 1.165) is 13.0 Å². The molecule has 0 aliphatic heterocycles. The van der Waals surface area contributed by atoms with Crippen molar-refractivity contribution >= 4 is 0 Å². The maximum atomic E-state index is 5.53. The topological polar surface area (TPSA) is 18.5 Å². The van der Waals surface area contributed by atoms with Crippen LogP contribution in [0.3, 0.4) is 0 Å². The molecule has 0 heterocycles. The van der Waals surface area contributed by atoms with Crippen molar-refractivity contribution in [3.8, 4) is 0 Å². The second-order valence-electron chi connectivity index (χ2n) is 4.41. The molecular weight excluding hydrogens is 176 g/mol. The molecule has 0 aliphatic carbocycles. The average Bonchev–Trinajstić information content (AvgIpc) is 2.13. The molecule has 0 aromatic heterocycles. The first kappa shape index (κ1) is 13.9. The first-order chi connectivity index (χ1) is 6.65. The van der Waals surface area contributed by atoms with E-state index in [4.69, 9.17) is 9.47 Å². The van der Waals surface area contributed by atoms with Gasteiger partial charge in [0.15, 0.2) is 0 Å². The number of hydrogen-bond donors (Lipinski definition) is 0. The Balaban J connectivity index is 4.11. The van der Waals surface area contributed by atoms with Crippen LogP contribution in [-0.4, -0.2) is 26.9 Å². The van der Waals surface area contributed by atoms with E-state index >= 15 is 0 Å². The van der Waals surface area contributed by atoms with Crippen LogP contribution in [0.1, 0.15) is 40.0 Å². The van der Waals surface area contributed by atoms with Gasteiger partial charge in [0.05, 0.1) is 12.7 Å². The highest BCUT2D eigenvalue weighted by Crippen LogP contribution is 2.21. The summed E-state index contributed by atoms with van der Waals surface area (Å²) in [6.07, 6.45) is 3.86. The van der Waals surface area contributed by atoms with Gasteiger partial charge >= 0.3 is 0 Å². The standard InChI is InChI=1S/C12H26O2/c1-6-7-12(14-5)11(9-13-4)8-10(2)3/h10-12H,6-9H2,1-5H3. The second kappa shape index (κ2) is 8.25. The quantitative estimate of drug-likeness (QED) is 0.602. The summed E-state index contributed by atoms with van der Waals surface area (Å²) in [7, 11) is 3.58. The minimum absolute atomic E-state index is 0.363. The summed E-state index contributed by atoms with van der Waals surface area (Å²) in [4.78, 5) is 0. The van der Waals surface area contributed by atoms with Gasteiger partial charge in [0, 0.05) is 20.1 Å². The first-order valence-corrected chi connectivity index (χ1v) is 5.67. The van der Waals surface area contributed by atoms with Crippen molar-refractivity contribution < 1.29 is 9.47 Å². The Hall–Kier alpha value is -0.0800. The van der Waals surface area contributed by atoms with Gasteiger partial charge in [0.1, 0.15) is 0 Å². The number of rotatable bonds is 8. The van der Waals surface area contributed by atoms with E-state index < -0.39 is 0 Å². The lowest BCUT2D eigenvalue weighted by atomic mass is 9.90. The minimum atomic E-state index is 0.363. The van der Waals surface area contributed by atoms with Crippen molar-refractivity contribution in [1.82, 2.24) is 0 Å². The number of methoxy groups -OCH3 is 2. The molecule has 2 unspecified atom stereocenters. The maximum Gasteiger partial charge on any atom is 0.0621 e. The number of ether oxygens (including phenoxy) is 2. The van der Waals surface area contributed by atoms with Crippen LogP contribution in [-0.2, 0) is 9.47 Å². The molecule has 0 spiro atoms. The Labute approximate surface area is 89.0 Å². The molecule has 0 amide bonds. The molecule has 0 aromatic carbocycles. The fourth-order valence-corrected chi connectivity index (χ4v) is 1.98. The molecule has 0 rings (SSSR count). The van der Waals surface area contributed by atoms with Crippen molar-refractivity contribution in [2.45, 2.75) is 46.1 Å². The molecule has 2 nitrogen and oxygen atoms in total. The Morgan fingerprint density at radius 1 is 1.14 bits per heavy atom. The summed E-state index contributed by atoms with van der Waals surface area (Å²) in [5.41, 5.74) is 0. The van der Waals surface area contributed by atoms with Crippen LogP contribution in [0.2, 0.25) is 0 Å². The molecule has 0 saturated heterocycles. The number of hydrogen-bond acceptors (Lipinski definition) is 2. The molecule has 86 valence electrons. The average molecular weight is 202 g/mol. The highest BCUT2D eigenvalue weighted by molar-refractivity contribution is 4.71. The SMILES string of the molecule is CCCC(OC)C(COC)CC(C)C. The lowest BCUT2D eigenvalue weighted by Crippen LogP contribution is -2.28. The predicted molar refractivity (Wildman–Crippen MR) is 60.5 cm³/mol. The van der Waals surface area contributed by atoms with E-state index in [1.807, 2.05) is 7.11 Å². The van der Waals surface area contributed by atoms with Crippen LogP contribution in [0.5, 0.6) is 0 Å². The molecule has 0 aromatic rings. The van der Waals surface area contributed by atoms with Crippen LogP contribution >= 0.6 is 0 Å². The lowest BCUT2D eigenvalue weighted by Gasteiger charge is -2.26. The molecule has 0 fully saturated rings. The van der Waals surface area contributed by atoms with Gasteiger partial charge in [-0.2, -0.15) is 0 Å². The van der Waals surface area contributed by atoms with E-state index in [0.29, 0.717) is 17.9 Å². The fourth-order valence-electron chi connectivity index (χ4n) is 1.98. The molecule has 2 atom stereocenters. The summed E-state index contributed by atoms with van der Waals surface area (Å²) in [6.45, 7) is 7.52. The van der Waals surface area contributed by atoms with E-state index in [9.17, 15) is 0 Å². The molecule has 0 aliphatic rings. The van der Waals surface area contributed by atoms with Gasteiger partial charge < -0.3 is 9.47 Å². The molecule has 0 N–H and O–H groups in total. The van der Waals surface area contributed by atoms with E-state index in [1.165, 1.54) is 12.8 Å². The smallest absolute Gasteiger partial charge is 0.0621 e. The molecule has 0 radical (unpaired) electrons. The Morgan fingerprint density at radius 2 is 1.79 bits per heavy atom. The first-order valence-electron chi connectivity index (χ1n) is 5.67. The minimum Gasteiger partial charge on any atom is -0.384 e. The zero-order valence-electron chi connectivity index (χ0n) is 10.4. The second-order valence-corrected chi connectivity index (χ2v) is 4.41. The zero-order valence-corrected chi connectivity index (χ0v) is 10.4. The zero-order chi connectivity index (χ0) is 11.0. The van der Waals surface area contributed by atoms with Crippen LogP contribution < -0.4 is 0 Å². The Kier molecular flexibility index (Phi) is 8.20. The van der Waals surface area contributed by atoms with Crippen LogP contribution in [0.15, 0.2) is 0 Å². The normalized spacial score (nSPS) is 15.9. The third kappa shape index (κ3) is 5.61. The summed E-state index contributed by atoms with van der Waals surface area (Å²) in [6, 6.07) is 0. The third-order valence-corrected chi connectivity index (χ3v) is 2.56. The lowest BCUT2D eigenvalue weighted by molar-refractivity contribution is 0.000925. The van der Waals surface area contributed by atoms with Crippen LogP contribution in [0.25, 0.3) is 0 Å². The van der Waals surface area contributed by atoms with Gasteiger partial charge in [-0.15, -0.1) is 0 Å². The van der Waals surface area contributed by atoms with Crippen LogP contribution in [0.4, 0.5) is 0 Å². The molecule has 0 bridgehead atoms. The van der Waals surface area contributed by atoms with Gasteiger partial charge in [-0.25, -0.2) is 0 Å². The van der Waals surface area contributed by atoms with Gasteiger partial charge in [0.25, 0.3) is 0 Å². The van der Waals surface area contributed by atoms with Gasteiger partial charge in [-0.3, -0.25) is 0 Å². The van der Waals surface area contributed by atoms with Crippen molar-refractivity contribution in [2.75, 3.05) is 20.8 Å². The maximum absolute atomic E-state index is 5.53. The van der Waals surface area contributed by atoms with Crippen molar-refractivity contribution in [3.05, 3.63) is 0 Å². The molecule has 0 saturated carbocycles. The fraction of sp³-hybridized carbons (Fsp3) is 1.00.